The number of carbonyl (C=O) groups excluding carboxylic acids is 2. The van der Waals surface area contributed by atoms with Crippen molar-refractivity contribution < 1.29 is 14.0 Å². The molecule has 1 fully saturated rings. The molecule has 1 saturated heterocycles. The summed E-state index contributed by atoms with van der Waals surface area (Å²) < 4.78 is 13.0. The van der Waals surface area contributed by atoms with E-state index >= 15 is 0 Å². The minimum Gasteiger partial charge on any atom is -0.355 e. The molecule has 1 aliphatic heterocycles. The third kappa shape index (κ3) is 4.25. The first kappa shape index (κ1) is 18.5. The van der Waals surface area contributed by atoms with Gasteiger partial charge in [-0.1, -0.05) is 12.1 Å². The van der Waals surface area contributed by atoms with Crippen LogP contribution >= 0.6 is 11.8 Å². The fraction of sp³-hybridized carbons (Fsp3) is 0.300. The van der Waals surface area contributed by atoms with E-state index in [1.807, 2.05) is 6.26 Å². The molecule has 26 heavy (non-hydrogen) atoms. The van der Waals surface area contributed by atoms with E-state index in [0.29, 0.717) is 25.2 Å². The molecule has 0 radical (unpaired) electrons. The number of rotatable bonds is 6. The molecule has 0 spiro atoms. The second-order valence-corrected chi connectivity index (χ2v) is 7.08. The van der Waals surface area contributed by atoms with Gasteiger partial charge >= 0.3 is 0 Å². The molecular formula is C20H21FN2O2S. The Bertz CT molecular complexity index is 777. The summed E-state index contributed by atoms with van der Waals surface area (Å²) in [5.41, 5.74) is 1.77. The third-order valence-electron chi connectivity index (χ3n) is 4.53. The average molecular weight is 372 g/mol. The third-order valence-corrected chi connectivity index (χ3v) is 5.28. The molecule has 1 aliphatic rings. The van der Waals surface area contributed by atoms with Gasteiger partial charge in [0.25, 0.3) is 0 Å². The molecule has 2 amide bonds. The molecule has 3 rings (SSSR count). The number of thioether (sulfide) groups is 1. The van der Waals surface area contributed by atoms with Crippen molar-refractivity contribution in [3.8, 4) is 0 Å². The Morgan fingerprint density at radius 3 is 2.54 bits per heavy atom. The van der Waals surface area contributed by atoms with Crippen molar-refractivity contribution in [2.24, 2.45) is 5.92 Å². The summed E-state index contributed by atoms with van der Waals surface area (Å²) in [6.45, 7) is 0.969. The number of nitrogens with zero attached hydrogens (tertiary/aromatic N) is 1. The second-order valence-electron chi connectivity index (χ2n) is 6.20. The fourth-order valence-corrected chi connectivity index (χ4v) is 3.45. The highest BCUT2D eigenvalue weighted by Crippen LogP contribution is 2.25. The van der Waals surface area contributed by atoms with Gasteiger partial charge in [-0.3, -0.25) is 9.59 Å². The first-order valence-electron chi connectivity index (χ1n) is 8.56. The molecule has 1 N–H and O–H groups in total. The zero-order valence-electron chi connectivity index (χ0n) is 14.6. The number of amides is 2. The van der Waals surface area contributed by atoms with Crippen molar-refractivity contribution in [3.63, 3.8) is 0 Å². The summed E-state index contributed by atoms with van der Waals surface area (Å²) in [4.78, 5) is 27.6. The summed E-state index contributed by atoms with van der Waals surface area (Å²) in [5.74, 6) is -1.47. The number of nitrogens with one attached hydrogen (secondary N) is 1. The van der Waals surface area contributed by atoms with Crippen molar-refractivity contribution in [2.45, 2.75) is 17.7 Å². The molecule has 0 bridgehead atoms. The van der Waals surface area contributed by atoms with E-state index in [4.69, 9.17) is 0 Å². The van der Waals surface area contributed by atoms with Crippen LogP contribution in [-0.4, -0.2) is 31.2 Å². The molecule has 1 atom stereocenters. The quantitative estimate of drug-likeness (QED) is 0.625. The number of carbonyl (C=O) groups is 2. The highest BCUT2D eigenvalue weighted by Gasteiger charge is 2.37. The van der Waals surface area contributed by atoms with Gasteiger partial charge in [0.15, 0.2) is 0 Å². The van der Waals surface area contributed by atoms with Crippen LogP contribution in [0.2, 0.25) is 0 Å². The summed E-state index contributed by atoms with van der Waals surface area (Å²) >= 11 is 1.69. The van der Waals surface area contributed by atoms with Crippen LogP contribution < -0.4 is 10.2 Å². The van der Waals surface area contributed by atoms with E-state index in [-0.39, 0.29) is 17.6 Å². The highest BCUT2D eigenvalue weighted by molar-refractivity contribution is 7.98. The van der Waals surface area contributed by atoms with Crippen LogP contribution in [0.1, 0.15) is 12.0 Å². The average Bonchev–Trinajstić information content (AvgIpc) is 3.04. The second kappa shape index (κ2) is 8.36. The minimum atomic E-state index is -0.668. The fourth-order valence-electron chi connectivity index (χ4n) is 3.05. The summed E-state index contributed by atoms with van der Waals surface area (Å²) in [5, 5.41) is 2.86. The topological polar surface area (TPSA) is 49.4 Å². The van der Waals surface area contributed by atoms with Crippen molar-refractivity contribution in [2.75, 3.05) is 24.2 Å². The smallest absolute Gasteiger partial charge is 0.239 e. The Hall–Kier alpha value is -2.34. The maximum absolute atomic E-state index is 13.0. The number of benzene rings is 2. The van der Waals surface area contributed by atoms with Gasteiger partial charge in [-0.05, 0) is 61.1 Å². The Morgan fingerprint density at radius 1 is 1.19 bits per heavy atom. The Labute approximate surface area is 156 Å². The van der Waals surface area contributed by atoms with Gasteiger partial charge in [0.05, 0.1) is 0 Å². The lowest BCUT2D eigenvalue weighted by Crippen LogP contribution is -2.37. The summed E-state index contributed by atoms with van der Waals surface area (Å²) in [6.07, 6.45) is 3.23. The number of hydrogen-bond acceptors (Lipinski definition) is 3. The van der Waals surface area contributed by atoms with E-state index in [9.17, 15) is 14.0 Å². The van der Waals surface area contributed by atoms with Gasteiger partial charge in [-0.25, -0.2) is 4.39 Å². The lowest BCUT2D eigenvalue weighted by atomic mass is 10.1. The van der Waals surface area contributed by atoms with Gasteiger partial charge in [-0.15, -0.1) is 11.8 Å². The van der Waals surface area contributed by atoms with Crippen LogP contribution in [0.3, 0.4) is 0 Å². The standard InChI is InChI=1S/C20H21FN2O2S/c1-26-17-8-2-14(3-9-17)10-12-22-19(24)18-11-13-23(20(18)25)16-6-4-15(21)5-7-16/h2-9,18H,10-13H2,1H3,(H,22,24). The van der Waals surface area contributed by atoms with Crippen LogP contribution in [0.5, 0.6) is 0 Å². The van der Waals surface area contributed by atoms with Crippen molar-refractivity contribution in [1.82, 2.24) is 5.32 Å². The normalized spacial score (nSPS) is 16.8. The van der Waals surface area contributed by atoms with Gasteiger partial charge in [0, 0.05) is 23.7 Å². The van der Waals surface area contributed by atoms with E-state index in [1.54, 1.807) is 28.8 Å². The first-order chi connectivity index (χ1) is 12.6. The lowest BCUT2D eigenvalue weighted by molar-refractivity contribution is -0.132. The minimum absolute atomic E-state index is 0.224. The van der Waals surface area contributed by atoms with Gasteiger partial charge in [0.1, 0.15) is 11.7 Å². The maximum atomic E-state index is 13.0. The van der Waals surface area contributed by atoms with E-state index < -0.39 is 5.92 Å². The van der Waals surface area contributed by atoms with Crippen LogP contribution in [0.25, 0.3) is 0 Å². The van der Waals surface area contributed by atoms with Crippen LogP contribution in [0.15, 0.2) is 53.4 Å². The highest BCUT2D eigenvalue weighted by atomic mass is 32.2. The van der Waals surface area contributed by atoms with Crippen LogP contribution in [0, 0.1) is 11.7 Å². The molecule has 6 heteroatoms. The van der Waals surface area contributed by atoms with Crippen LogP contribution in [0.4, 0.5) is 10.1 Å². The van der Waals surface area contributed by atoms with Crippen molar-refractivity contribution in [3.05, 3.63) is 59.9 Å². The predicted octanol–water partition coefficient (Wildman–Crippen LogP) is 3.26. The molecule has 1 unspecified atom stereocenters. The summed E-state index contributed by atoms with van der Waals surface area (Å²) in [6, 6.07) is 14.0. The summed E-state index contributed by atoms with van der Waals surface area (Å²) in [7, 11) is 0. The SMILES string of the molecule is CSc1ccc(CCNC(=O)C2CCN(c3ccc(F)cc3)C2=O)cc1. The zero-order chi connectivity index (χ0) is 18.5. The molecule has 0 aromatic heterocycles. The van der Waals surface area contributed by atoms with Gasteiger partial charge in [-0.2, -0.15) is 0 Å². The Kier molecular flexibility index (Phi) is 5.93. The Morgan fingerprint density at radius 2 is 1.88 bits per heavy atom. The Balaban J connectivity index is 1.51. The maximum Gasteiger partial charge on any atom is 0.239 e. The molecule has 2 aromatic carbocycles. The van der Waals surface area contributed by atoms with E-state index in [0.717, 1.165) is 12.0 Å². The largest absolute Gasteiger partial charge is 0.355 e. The van der Waals surface area contributed by atoms with E-state index in [1.165, 1.54) is 17.0 Å². The molecule has 136 valence electrons. The van der Waals surface area contributed by atoms with Gasteiger partial charge < -0.3 is 10.2 Å². The van der Waals surface area contributed by atoms with Crippen molar-refractivity contribution >= 4 is 29.3 Å². The number of halogens is 1. The zero-order valence-corrected chi connectivity index (χ0v) is 15.4. The first-order valence-corrected chi connectivity index (χ1v) is 9.78. The van der Waals surface area contributed by atoms with Gasteiger partial charge in [0.2, 0.25) is 11.8 Å². The molecule has 4 nitrogen and oxygen atoms in total. The van der Waals surface area contributed by atoms with Crippen LogP contribution in [-0.2, 0) is 16.0 Å². The lowest BCUT2D eigenvalue weighted by Gasteiger charge is -2.16. The molecular weight excluding hydrogens is 351 g/mol. The molecule has 0 aliphatic carbocycles. The molecule has 0 saturated carbocycles. The molecule has 2 aromatic rings. The predicted molar refractivity (Wildman–Crippen MR) is 102 cm³/mol. The number of anilines is 1. The molecule has 1 heterocycles. The van der Waals surface area contributed by atoms with Crippen molar-refractivity contribution in [1.29, 1.82) is 0 Å². The monoisotopic (exact) mass is 372 g/mol. The van der Waals surface area contributed by atoms with E-state index in [2.05, 4.69) is 29.6 Å². The number of hydrogen-bond donors (Lipinski definition) is 1.